The van der Waals surface area contributed by atoms with E-state index in [9.17, 15) is 0 Å². The van der Waals surface area contributed by atoms with Crippen LogP contribution in [0.3, 0.4) is 0 Å². The maximum atomic E-state index is 9.03. The normalized spacial score (nSPS) is 22.0. The van der Waals surface area contributed by atoms with Gasteiger partial charge in [-0.15, -0.1) is 0 Å². The number of benzene rings is 1. The number of hydrogen-bond donors (Lipinski definition) is 1. The Bertz CT molecular complexity index is 456. The topological polar surface area (TPSA) is 39.1 Å². The predicted octanol–water partition coefficient (Wildman–Crippen LogP) is 2.72. The Hall–Kier alpha value is -1.53. The molecule has 1 atom stereocenters. The number of rotatable bonds is 3. The van der Waals surface area contributed by atoms with Crippen LogP contribution in [-0.4, -0.2) is 24.7 Å². The van der Waals surface area contributed by atoms with Crippen LogP contribution in [0.1, 0.15) is 32.8 Å². The van der Waals surface area contributed by atoms with Crippen molar-refractivity contribution in [1.82, 2.24) is 5.32 Å². The highest BCUT2D eigenvalue weighted by Gasteiger charge is 2.36. The zero-order chi connectivity index (χ0) is 13.9. The van der Waals surface area contributed by atoms with E-state index in [1.165, 1.54) is 11.3 Å². The summed E-state index contributed by atoms with van der Waals surface area (Å²) in [6, 6.07) is 11.3. The Kier molecular flexibility index (Phi) is 4.11. The molecule has 0 saturated carbocycles. The molecule has 1 aliphatic rings. The van der Waals surface area contributed by atoms with Crippen LogP contribution in [0.2, 0.25) is 0 Å². The van der Waals surface area contributed by atoms with Gasteiger partial charge in [0, 0.05) is 24.3 Å². The molecule has 3 nitrogen and oxygen atoms in total. The van der Waals surface area contributed by atoms with Gasteiger partial charge in [0.05, 0.1) is 18.5 Å². The molecular formula is C16H23N3. The summed E-state index contributed by atoms with van der Waals surface area (Å²) in [6.07, 6.45) is 1.62. The van der Waals surface area contributed by atoms with Gasteiger partial charge >= 0.3 is 0 Å². The highest BCUT2D eigenvalue weighted by Crippen LogP contribution is 2.30. The van der Waals surface area contributed by atoms with Gasteiger partial charge in [-0.3, -0.25) is 0 Å². The first-order chi connectivity index (χ1) is 9.08. The van der Waals surface area contributed by atoms with E-state index in [0.717, 1.165) is 19.5 Å². The molecule has 0 radical (unpaired) electrons. The van der Waals surface area contributed by atoms with Crippen molar-refractivity contribution in [2.45, 2.75) is 45.2 Å². The Morgan fingerprint density at radius 3 is 2.63 bits per heavy atom. The molecule has 3 heteroatoms. The van der Waals surface area contributed by atoms with E-state index < -0.39 is 0 Å². The summed E-state index contributed by atoms with van der Waals surface area (Å²) in [5.74, 6) is 0. The van der Waals surface area contributed by atoms with Gasteiger partial charge in [0.15, 0.2) is 0 Å². The zero-order valence-corrected chi connectivity index (χ0v) is 12.1. The number of nitrogens with zero attached hydrogens (tertiary/aromatic N) is 2. The van der Waals surface area contributed by atoms with Gasteiger partial charge in [-0.25, -0.2) is 0 Å². The van der Waals surface area contributed by atoms with Crippen LogP contribution < -0.4 is 10.2 Å². The molecule has 0 spiro atoms. The molecule has 19 heavy (non-hydrogen) atoms. The number of aryl methyl sites for hydroxylation is 1. The van der Waals surface area contributed by atoms with Gasteiger partial charge < -0.3 is 10.2 Å². The fourth-order valence-electron chi connectivity index (χ4n) is 2.94. The van der Waals surface area contributed by atoms with Gasteiger partial charge in [0.1, 0.15) is 0 Å². The standard InChI is InChI=1S/C16H23N3/c1-4-13-5-7-14(8-6-13)19-15(9-10-17)11-18-12-16(19,2)3/h5-8,15,18H,4,9,11-12H2,1-3H3. The maximum Gasteiger partial charge on any atom is 0.0643 e. The molecule has 1 aromatic carbocycles. The summed E-state index contributed by atoms with van der Waals surface area (Å²) >= 11 is 0. The van der Waals surface area contributed by atoms with Crippen molar-refractivity contribution in [3.05, 3.63) is 29.8 Å². The highest BCUT2D eigenvalue weighted by atomic mass is 15.3. The van der Waals surface area contributed by atoms with E-state index in [2.05, 4.69) is 61.3 Å². The summed E-state index contributed by atoms with van der Waals surface area (Å²) in [4.78, 5) is 2.41. The zero-order valence-electron chi connectivity index (χ0n) is 12.1. The summed E-state index contributed by atoms with van der Waals surface area (Å²) < 4.78 is 0. The lowest BCUT2D eigenvalue weighted by Gasteiger charge is -2.49. The number of hydrogen-bond acceptors (Lipinski definition) is 3. The Labute approximate surface area is 116 Å². The van der Waals surface area contributed by atoms with E-state index in [4.69, 9.17) is 5.26 Å². The smallest absolute Gasteiger partial charge is 0.0643 e. The number of nitriles is 1. The molecule has 1 aromatic rings. The minimum Gasteiger partial charge on any atom is -0.360 e. The monoisotopic (exact) mass is 257 g/mol. The first kappa shape index (κ1) is 13.9. The first-order valence-corrected chi connectivity index (χ1v) is 7.04. The molecule has 0 bridgehead atoms. The molecule has 0 aliphatic carbocycles. The molecule has 1 saturated heterocycles. The van der Waals surface area contributed by atoms with Crippen molar-refractivity contribution in [3.8, 4) is 6.07 Å². The first-order valence-electron chi connectivity index (χ1n) is 7.04. The highest BCUT2D eigenvalue weighted by molar-refractivity contribution is 5.52. The molecule has 102 valence electrons. The number of piperazine rings is 1. The average molecular weight is 257 g/mol. The third-order valence-electron chi connectivity index (χ3n) is 3.90. The minimum absolute atomic E-state index is 0.0352. The molecule has 1 N–H and O–H groups in total. The summed E-state index contributed by atoms with van der Waals surface area (Å²) in [6.45, 7) is 8.47. The van der Waals surface area contributed by atoms with E-state index in [0.29, 0.717) is 6.42 Å². The van der Waals surface area contributed by atoms with Crippen molar-refractivity contribution in [2.24, 2.45) is 0 Å². The van der Waals surface area contributed by atoms with Crippen molar-refractivity contribution in [2.75, 3.05) is 18.0 Å². The van der Waals surface area contributed by atoms with E-state index in [-0.39, 0.29) is 11.6 Å². The third-order valence-corrected chi connectivity index (χ3v) is 3.90. The van der Waals surface area contributed by atoms with Gasteiger partial charge in [-0.2, -0.15) is 5.26 Å². The Balaban J connectivity index is 2.32. The lowest BCUT2D eigenvalue weighted by Crippen LogP contribution is -2.63. The number of nitrogens with one attached hydrogen (secondary N) is 1. The van der Waals surface area contributed by atoms with Crippen molar-refractivity contribution < 1.29 is 0 Å². The molecule has 0 aromatic heterocycles. The van der Waals surface area contributed by atoms with E-state index in [1.807, 2.05) is 0 Å². The minimum atomic E-state index is 0.0352. The Morgan fingerprint density at radius 2 is 2.05 bits per heavy atom. The molecule has 1 heterocycles. The molecule has 1 unspecified atom stereocenters. The lowest BCUT2D eigenvalue weighted by molar-refractivity contribution is 0.324. The molecular weight excluding hydrogens is 234 g/mol. The largest absolute Gasteiger partial charge is 0.360 e. The Morgan fingerprint density at radius 1 is 1.37 bits per heavy atom. The van der Waals surface area contributed by atoms with Crippen LogP contribution in [0.4, 0.5) is 5.69 Å². The van der Waals surface area contributed by atoms with Gasteiger partial charge in [-0.05, 0) is 38.0 Å². The maximum absolute atomic E-state index is 9.03. The summed E-state index contributed by atoms with van der Waals surface area (Å²) in [5.41, 5.74) is 2.62. The van der Waals surface area contributed by atoms with E-state index >= 15 is 0 Å². The summed E-state index contributed by atoms with van der Waals surface area (Å²) in [7, 11) is 0. The SMILES string of the molecule is CCc1ccc(N2C(CC#N)CNCC2(C)C)cc1. The summed E-state index contributed by atoms with van der Waals surface area (Å²) in [5, 5.41) is 12.5. The average Bonchev–Trinajstić information content (AvgIpc) is 2.39. The van der Waals surface area contributed by atoms with Gasteiger partial charge in [0.2, 0.25) is 0 Å². The fraction of sp³-hybridized carbons (Fsp3) is 0.562. The van der Waals surface area contributed by atoms with E-state index in [1.54, 1.807) is 0 Å². The predicted molar refractivity (Wildman–Crippen MR) is 79.3 cm³/mol. The second-order valence-corrected chi connectivity index (χ2v) is 5.85. The van der Waals surface area contributed by atoms with Crippen LogP contribution in [0, 0.1) is 11.3 Å². The van der Waals surface area contributed by atoms with Crippen LogP contribution in [0.5, 0.6) is 0 Å². The van der Waals surface area contributed by atoms with Gasteiger partial charge in [0.25, 0.3) is 0 Å². The quantitative estimate of drug-likeness (QED) is 0.905. The lowest BCUT2D eigenvalue weighted by atomic mass is 9.93. The van der Waals surface area contributed by atoms with Crippen LogP contribution in [0.15, 0.2) is 24.3 Å². The molecule has 1 aliphatic heterocycles. The van der Waals surface area contributed by atoms with Crippen molar-refractivity contribution in [3.63, 3.8) is 0 Å². The second kappa shape index (κ2) is 5.63. The van der Waals surface area contributed by atoms with Crippen molar-refractivity contribution in [1.29, 1.82) is 5.26 Å². The van der Waals surface area contributed by atoms with Crippen LogP contribution in [-0.2, 0) is 6.42 Å². The fourth-order valence-corrected chi connectivity index (χ4v) is 2.94. The second-order valence-electron chi connectivity index (χ2n) is 5.85. The molecule has 2 rings (SSSR count). The van der Waals surface area contributed by atoms with Crippen molar-refractivity contribution >= 4 is 5.69 Å². The van der Waals surface area contributed by atoms with Crippen LogP contribution >= 0.6 is 0 Å². The molecule has 1 fully saturated rings. The molecule has 0 amide bonds. The van der Waals surface area contributed by atoms with Crippen LogP contribution in [0.25, 0.3) is 0 Å². The third kappa shape index (κ3) is 2.90. The van der Waals surface area contributed by atoms with Gasteiger partial charge in [-0.1, -0.05) is 19.1 Å². The number of anilines is 1.